The molecule has 0 spiro atoms. The maximum Gasteiger partial charge on any atom is 0.406 e. The number of hydrogen-bond acceptors (Lipinski definition) is 8. The molecule has 2 N–H and O–H groups in total. The first kappa shape index (κ1) is 36.1. The van der Waals surface area contributed by atoms with Gasteiger partial charge in [0.05, 0.1) is 11.4 Å². The average Bonchev–Trinajstić information content (AvgIpc) is 3.55. The third kappa shape index (κ3) is 6.33. The quantitative estimate of drug-likeness (QED) is 0.194. The van der Waals surface area contributed by atoms with Crippen LogP contribution < -0.4 is 10.5 Å². The minimum atomic E-state index is -4.35. The van der Waals surface area contributed by atoms with E-state index in [1.54, 1.807) is 4.90 Å². The van der Waals surface area contributed by atoms with E-state index in [1.165, 1.54) is 44.9 Å². The molecule has 4 aliphatic carbocycles. The van der Waals surface area contributed by atoms with Crippen LogP contribution in [0.2, 0.25) is 0 Å². The predicted octanol–water partition coefficient (Wildman–Crippen LogP) is 7.72. The van der Waals surface area contributed by atoms with Crippen LogP contribution in [0.5, 0.6) is 11.5 Å². The summed E-state index contributed by atoms with van der Waals surface area (Å²) in [5.74, 6) is 4.43. The van der Waals surface area contributed by atoms with E-state index in [0.29, 0.717) is 86.8 Å². The van der Waals surface area contributed by atoms with Crippen LogP contribution in [0.3, 0.4) is 0 Å². The van der Waals surface area contributed by atoms with Crippen molar-refractivity contribution in [2.75, 3.05) is 45.0 Å². The molecular formula is C43H51F3N8O2. The molecule has 2 aromatic heterocycles. The SMILES string of the molecule is Nc1ncnc2c1c(-c1ccc(Oc3ccccc3)cc1)nn2C1CCN(C2(C(F)(F)F)CCN(C3CN(C(=O)CC45CC6CC(CC(C6)C4)C5)C3)CC2)CC1. The van der Waals surface area contributed by atoms with Crippen molar-refractivity contribution < 1.29 is 22.7 Å². The Kier molecular flexibility index (Phi) is 8.85. The lowest BCUT2D eigenvalue weighted by Gasteiger charge is -2.57. The number of carbonyl (C=O) groups is 1. The molecule has 56 heavy (non-hydrogen) atoms. The first-order chi connectivity index (χ1) is 27.0. The highest BCUT2D eigenvalue weighted by molar-refractivity contribution is 5.98. The van der Waals surface area contributed by atoms with E-state index in [-0.39, 0.29) is 36.2 Å². The summed E-state index contributed by atoms with van der Waals surface area (Å²) in [6.45, 7) is 2.69. The molecule has 11 rings (SSSR count). The van der Waals surface area contributed by atoms with Gasteiger partial charge in [0.2, 0.25) is 5.91 Å². The number of nitrogen functional groups attached to an aromatic ring is 1. The number of benzene rings is 2. The predicted molar refractivity (Wildman–Crippen MR) is 207 cm³/mol. The second-order valence-electron chi connectivity index (χ2n) is 18.0. The van der Waals surface area contributed by atoms with Gasteiger partial charge >= 0.3 is 6.18 Å². The van der Waals surface area contributed by atoms with Gasteiger partial charge in [0, 0.05) is 57.3 Å². The summed E-state index contributed by atoms with van der Waals surface area (Å²) in [4.78, 5) is 28.2. The van der Waals surface area contributed by atoms with Crippen LogP contribution in [-0.4, -0.2) is 97.4 Å². The fourth-order valence-electron chi connectivity index (χ4n) is 12.2. The summed E-state index contributed by atoms with van der Waals surface area (Å²) in [5.41, 5.74) is 6.78. The summed E-state index contributed by atoms with van der Waals surface area (Å²) in [7, 11) is 0. The van der Waals surface area contributed by atoms with E-state index in [9.17, 15) is 4.79 Å². The second-order valence-corrected chi connectivity index (χ2v) is 18.0. The van der Waals surface area contributed by atoms with Crippen molar-refractivity contribution in [3.8, 4) is 22.8 Å². The molecule has 7 fully saturated rings. The molecule has 1 amide bonds. The highest BCUT2D eigenvalue weighted by Crippen LogP contribution is 2.61. The summed E-state index contributed by atoms with van der Waals surface area (Å²) in [5, 5.41) is 5.63. The lowest BCUT2D eigenvalue weighted by Crippen LogP contribution is -2.68. The van der Waals surface area contributed by atoms with E-state index >= 15 is 13.2 Å². The van der Waals surface area contributed by atoms with Gasteiger partial charge in [0.1, 0.15) is 34.9 Å². The zero-order chi connectivity index (χ0) is 38.2. The van der Waals surface area contributed by atoms with E-state index < -0.39 is 11.7 Å². The number of hydrogen-bond donors (Lipinski definition) is 1. The number of alkyl halides is 3. The Morgan fingerprint density at radius 3 is 2.07 bits per heavy atom. The number of fused-ring (bicyclic) bond motifs is 1. The fourth-order valence-corrected chi connectivity index (χ4v) is 12.2. The molecule has 3 aliphatic heterocycles. The molecule has 7 aliphatic rings. The Bertz CT molecular complexity index is 2030. The number of piperidine rings is 2. The number of anilines is 1. The van der Waals surface area contributed by atoms with Crippen molar-refractivity contribution >= 4 is 22.8 Å². The van der Waals surface area contributed by atoms with Crippen molar-refractivity contribution in [1.29, 1.82) is 0 Å². The number of likely N-dealkylation sites (tertiary alicyclic amines) is 3. The summed E-state index contributed by atoms with van der Waals surface area (Å²) in [6.07, 6.45) is 6.57. The van der Waals surface area contributed by atoms with Crippen LogP contribution in [0.25, 0.3) is 22.3 Å². The van der Waals surface area contributed by atoms with Gasteiger partial charge in [-0.05, 0) is 124 Å². The lowest BCUT2D eigenvalue weighted by atomic mass is 9.49. The highest BCUT2D eigenvalue weighted by atomic mass is 19.4. The van der Waals surface area contributed by atoms with E-state index in [2.05, 4.69) is 14.9 Å². The zero-order valence-corrected chi connectivity index (χ0v) is 31.8. The van der Waals surface area contributed by atoms with Gasteiger partial charge in [0.15, 0.2) is 5.65 Å². The minimum absolute atomic E-state index is 0.0431. The summed E-state index contributed by atoms with van der Waals surface area (Å²) in [6, 6.07) is 17.1. The molecule has 296 valence electrons. The van der Waals surface area contributed by atoms with Gasteiger partial charge in [-0.1, -0.05) is 18.2 Å². The normalized spacial score (nSPS) is 28.5. The van der Waals surface area contributed by atoms with Gasteiger partial charge in [0.25, 0.3) is 0 Å². The van der Waals surface area contributed by atoms with Crippen LogP contribution >= 0.6 is 0 Å². The van der Waals surface area contributed by atoms with E-state index in [4.69, 9.17) is 15.6 Å². The zero-order valence-electron chi connectivity index (χ0n) is 31.8. The lowest BCUT2D eigenvalue weighted by molar-refractivity contribution is -0.251. The molecule has 2 aromatic carbocycles. The number of nitrogens with zero attached hydrogens (tertiary/aromatic N) is 7. The summed E-state index contributed by atoms with van der Waals surface area (Å²) >= 11 is 0. The maximum atomic E-state index is 15.2. The molecule has 5 heterocycles. The Balaban J connectivity index is 0.780. The van der Waals surface area contributed by atoms with Crippen LogP contribution in [0, 0.1) is 23.2 Å². The molecule has 4 bridgehead atoms. The Morgan fingerprint density at radius 1 is 0.821 bits per heavy atom. The van der Waals surface area contributed by atoms with E-state index in [0.717, 1.165) is 29.1 Å². The fraction of sp³-hybridized carbons (Fsp3) is 0.581. The number of para-hydroxylation sites is 1. The molecule has 0 radical (unpaired) electrons. The number of rotatable bonds is 8. The molecular weight excluding hydrogens is 718 g/mol. The van der Waals surface area contributed by atoms with Crippen LogP contribution in [0.4, 0.5) is 19.0 Å². The van der Waals surface area contributed by atoms with Crippen molar-refractivity contribution in [3.05, 3.63) is 60.9 Å². The molecule has 10 nitrogen and oxygen atoms in total. The topological polar surface area (TPSA) is 106 Å². The van der Waals surface area contributed by atoms with Gasteiger partial charge in [-0.2, -0.15) is 18.3 Å². The molecule has 13 heteroatoms. The van der Waals surface area contributed by atoms with E-state index in [1.807, 2.05) is 64.2 Å². The van der Waals surface area contributed by atoms with Crippen molar-refractivity contribution in [3.63, 3.8) is 0 Å². The number of carbonyl (C=O) groups excluding carboxylic acids is 1. The third-order valence-electron chi connectivity index (χ3n) is 14.6. The number of halogens is 3. The van der Waals surface area contributed by atoms with Gasteiger partial charge in [-0.15, -0.1) is 0 Å². The monoisotopic (exact) mass is 768 g/mol. The number of nitrogens with two attached hydrogens (primary N) is 1. The standard InChI is InChI=1S/C43H51F3N8O2/c44-43(45,46)42(12-16-51(17-13-42)33-25-52(26-33)36(55)24-41-21-28-18-29(22-41)20-30(19-28)23-41)53-14-10-32(11-15-53)54-40-37(39(47)48-27-49-40)38(50-54)31-6-8-35(9-7-31)56-34-4-2-1-3-5-34/h1-9,27-30,32-33H,10-26H2,(H2,47,48,49). The Hall–Kier alpha value is -4.23. The third-order valence-corrected chi connectivity index (χ3v) is 14.6. The molecule has 0 unspecified atom stereocenters. The molecule has 0 atom stereocenters. The minimum Gasteiger partial charge on any atom is -0.457 e. The highest BCUT2D eigenvalue weighted by Gasteiger charge is 2.60. The van der Waals surface area contributed by atoms with Crippen molar-refractivity contribution in [2.45, 2.75) is 94.4 Å². The first-order valence-corrected chi connectivity index (χ1v) is 20.7. The Morgan fingerprint density at radius 2 is 1.45 bits per heavy atom. The van der Waals surface area contributed by atoms with Gasteiger partial charge in [-0.25, -0.2) is 14.6 Å². The molecule has 3 saturated heterocycles. The van der Waals surface area contributed by atoms with Crippen LogP contribution in [0.15, 0.2) is 60.9 Å². The summed E-state index contributed by atoms with van der Waals surface area (Å²) < 4.78 is 53.3. The molecule has 4 aromatic rings. The molecule has 4 saturated carbocycles. The van der Waals surface area contributed by atoms with Crippen molar-refractivity contribution in [2.24, 2.45) is 23.2 Å². The van der Waals surface area contributed by atoms with Gasteiger partial charge in [-0.3, -0.25) is 14.6 Å². The maximum absolute atomic E-state index is 15.2. The average molecular weight is 769 g/mol. The van der Waals surface area contributed by atoms with Crippen LogP contribution in [0.1, 0.15) is 76.7 Å². The number of amides is 1. The van der Waals surface area contributed by atoms with Crippen LogP contribution in [-0.2, 0) is 4.79 Å². The smallest absolute Gasteiger partial charge is 0.406 e. The largest absolute Gasteiger partial charge is 0.457 e. The van der Waals surface area contributed by atoms with Gasteiger partial charge < -0.3 is 15.4 Å². The van der Waals surface area contributed by atoms with Crippen molar-refractivity contribution in [1.82, 2.24) is 34.4 Å². The number of ether oxygens (including phenoxy) is 1. The second kappa shape index (κ2) is 13.7. The number of aromatic nitrogens is 4. The Labute approximate surface area is 325 Å². The first-order valence-electron chi connectivity index (χ1n) is 20.7.